The van der Waals surface area contributed by atoms with Gasteiger partial charge in [-0.3, -0.25) is 15.0 Å². The van der Waals surface area contributed by atoms with Gasteiger partial charge in [0.2, 0.25) is 0 Å². The predicted molar refractivity (Wildman–Crippen MR) is 122 cm³/mol. The van der Waals surface area contributed by atoms with Gasteiger partial charge in [0.1, 0.15) is 15.5 Å². The molecule has 3 N–H and O–H groups in total. The molecule has 9 nitrogen and oxygen atoms in total. The molecule has 31 heavy (non-hydrogen) atoms. The number of aromatic nitrogens is 4. The minimum absolute atomic E-state index is 0.00269. The Kier molecular flexibility index (Phi) is 7.26. The van der Waals surface area contributed by atoms with Gasteiger partial charge in [-0.05, 0) is 60.5 Å². The van der Waals surface area contributed by atoms with E-state index in [2.05, 4.69) is 47.2 Å². The molecule has 0 aliphatic rings. The summed E-state index contributed by atoms with van der Waals surface area (Å²) in [6.07, 6.45) is 1.54. The Labute approximate surface area is 196 Å². The number of rotatable bonds is 6. The summed E-state index contributed by atoms with van der Waals surface area (Å²) >= 11 is 15.5. The lowest BCUT2D eigenvalue weighted by Crippen LogP contribution is -2.42. The second-order valence-electron chi connectivity index (χ2n) is 6.77. The van der Waals surface area contributed by atoms with E-state index < -0.39 is 11.8 Å². The van der Waals surface area contributed by atoms with Gasteiger partial charge >= 0.3 is 0 Å². The Balaban J connectivity index is 1.98. The first-order valence-electron chi connectivity index (χ1n) is 9.08. The van der Waals surface area contributed by atoms with E-state index in [0.29, 0.717) is 15.2 Å². The molecule has 3 aromatic rings. The first kappa shape index (κ1) is 23.1. The molecule has 2 amide bonds. The van der Waals surface area contributed by atoms with Crippen LogP contribution in [0.5, 0.6) is 0 Å². The van der Waals surface area contributed by atoms with E-state index in [1.807, 2.05) is 13.8 Å². The van der Waals surface area contributed by atoms with Crippen molar-refractivity contribution in [3.05, 3.63) is 62.2 Å². The zero-order valence-corrected chi connectivity index (χ0v) is 19.8. The average Bonchev–Trinajstić information content (AvgIpc) is 3.09. The maximum atomic E-state index is 13.1. The van der Waals surface area contributed by atoms with Crippen LogP contribution in [-0.2, 0) is 0 Å². The third-order valence-corrected chi connectivity index (χ3v) is 4.84. The molecule has 3 heterocycles. The maximum absolute atomic E-state index is 13.1. The van der Waals surface area contributed by atoms with Gasteiger partial charge < -0.3 is 5.32 Å². The smallest absolute Gasteiger partial charge is 0.286 e. The second-order valence-corrected chi connectivity index (χ2v) is 8.37. The van der Waals surface area contributed by atoms with Crippen molar-refractivity contribution >= 4 is 56.6 Å². The van der Waals surface area contributed by atoms with Crippen LogP contribution in [0.1, 0.15) is 40.4 Å². The SMILES string of the molecule is Cc1cc(Cl)nc(C(=O)NNC(C)C)c1NC(=O)c1cc(Br)nn1-c1ncccc1Cl. The van der Waals surface area contributed by atoms with E-state index in [1.54, 1.807) is 25.1 Å². The topological polar surface area (TPSA) is 114 Å². The third-order valence-electron chi connectivity index (χ3n) is 3.97. The van der Waals surface area contributed by atoms with Gasteiger partial charge in [0.15, 0.2) is 11.5 Å². The van der Waals surface area contributed by atoms with E-state index in [1.165, 1.54) is 16.9 Å². The minimum atomic E-state index is -0.544. The molecule has 0 aliphatic carbocycles. The molecule has 0 spiro atoms. The summed E-state index contributed by atoms with van der Waals surface area (Å²) in [7, 11) is 0. The molecule has 0 atom stereocenters. The van der Waals surface area contributed by atoms with Crippen LogP contribution in [0.4, 0.5) is 5.69 Å². The predicted octanol–water partition coefficient (Wildman–Crippen LogP) is 3.94. The molecular weight excluding hydrogens is 509 g/mol. The summed E-state index contributed by atoms with van der Waals surface area (Å²) in [5.74, 6) is -0.805. The largest absolute Gasteiger partial charge is 0.318 e. The van der Waals surface area contributed by atoms with Crippen LogP contribution in [0, 0.1) is 6.92 Å². The Bertz CT molecular complexity index is 1150. The van der Waals surface area contributed by atoms with E-state index in [9.17, 15) is 9.59 Å². The maximum Gasteiger partial charge on any atom is 0.286 e. The fraction of sp³-hybridized carbons (Fsp3) is 0.211. The molecule has 3 rings (SSSR count). The third kappa shape index (κ3) is 5.40. The number of nitrogens with one attached hydrogen (secondary N) is 3. The number of carbonyl (C=O) groups is 2. The first-order chi connectivity index (χ1) is 14.7. The average molecular weight is 527 g/mol. The van der Waals surface area contributed by atoms with Crippen molar-refractivity contribution < 1.29 is 9.59 Å². The second kappa shape index (κ2) is 9.73. The number of pyridine rings is 2. The van der Waals surface area contributed by atoms with Gasteiger partial charge in [-0.25, -0.2) is 20.1 Å². The highest BCUT2D eigenvalue weighted by molar-refractivity contribution is 9.10. The number of amides is 2. The van der Waals surface area contributed by atoms with E-state index in [0.717, 1.165) is 0 Å². The molecule has 0 saturated heterocycles. The fourth-order valence-electron chi connectivity index (χ4n) is 2.61. The van der Waals surface area contributed by atoms with Crippen molar-refractivity contribution in [1.82, 2.24) is 30.6 Å². The molecular formula is C19H18BrCl2N7O2. The fourth-order valence-corrected chi connectivity index (χ4v) is 3.44. The van der Waals surface area contributed by atoms with E-state index >= 15 is 0 Å². The summed E-state index contributed by atoms with van der Waals surface area (Å²) in [5, 5.41) is 7.42. The molecule has 3 aromatic heterocycles. The molecule has 0 radical (unpaired) electrons. The summed E-state index contributed by atoms with van der Waals surface area (Å²) in [6, 6.07) is 6.37. The van der Waals surface area contributed by atoms with Crippen LogP contribution in [-0.4, -0.2) is 37.6 Å². The number of hydrogen-bond donors (Lipinski definition) is 3. The molecule has 12 heteroatoms. The van der Waals surface area contributed by atoms with Crippen LogP contribution < -0.4 is 16.2 Å². The quantitative estimate of drug-likeness (QED) is 0.331. The van der Waals surface area contributed by atoms with Crippen molar-refractivity contribution in [1.29, 1.82) is 0 Å². The van der Waals surface area contributed by atoms with Gasteiger partial charge in [-0.2, -0.15) is 5.10 Å². The zero-order chi connectivity index (χ0) is 22.7. The van der Waals surface area contributed by atoms with Gasteiger partial charge in [0, 0.05) is 18.3 Å². The van der Waals surface area contributed by atoms with Crippen molar-refractivity contribution in [2.75, 3.05) is 5.32 Å². The number of anilines is 1. The van der Waals surface area contributed by atoms with Crippen LogP contribution in [0.15, 0.2) is 35.1 Å². The monoisotopic (exact) mass is 525 g/mol. The number of halogens is 3. The summed E-state index contributed by atoms with van der Waals surface area (Å²) < 4.78 is 1.71. The van der Waals surface area contributed by atoms with Gasteiger partial charge in [0.05, 0.1) is 10.7 Å². The molecule has 0 unspecified atom stereocenters. The van der Waals surface area contributed by atoms with Crippen LogP contribution in [0.3, 0.4) is 0 Å². The zero-order valence-electron chi connectivity index (χ0n) is 16.7. The summed E-state index contributed by atoms with van der Waals surface area (Å²) in [6.45, 7) is 5.43. The molecule has 0 aromatic carbocycles. The Hall–Kier alpha value is -2.53. The Morgan fingerprint density at radius 1 is 1.19 bits per heavy atom. The Morgan fingerprint density at radius 2 is 1.94 bits per heavy atom. The van der Waals surface area contributed by atoms with Gasteiger partial charge in [-0.15, -0.1) is 0 Å². The van der Waals surface area contributed by atoms with Gasteiger partial charge in [0.25, 0.3) is 11.8 Å². The Morgan fingerprint density at radius 3 is 2.61 bits per heavy atom. The lowest BCUT2D eigenvalue weighted by molar-refractivity contribution is 0.0923. The lowest BCUT2D eigenvalue weighted by atomic mass is 10.1. The molecule has 0 aliphatic heterocycles. The molecule has 0 bridgehead atoms. The highest BCUT2D eigenvalue weighted by Crippen LogP contribution is 2.25. The first-order valence-corrected chi connectivity index (χ1v) is 10.6. The van der Waals surface area contributed by atoms with Crippen LogP contribution >= 0.6 is 39.1 Å². The number of hydrogen-bond acceptors (Lipinski definition) is 6. The summed E-state index contributed by atoms with van der Waals surface area (Å²) in [5.41, 5.74) is 6.23. The minimum Gasteiger partial charge on any atom is -0.318 e. The highest BCUT2D eigenvalue weighted by Gasteiger charge is 2.23. The normalized spacial score (nSPS) is 10.9. The number of hydrazine groups is 1. The lowest BCUT2D eigenvalue weighted by Gasteiger charge is -2.15. The summed E-state index contributed by atoms with van der Waals surface area (Å²) in [4.78, 5) is 34.1. The van der Waals surface area contributed by atoms with Crippen LogP contribution in [0.25, 0.3) is 5.82 Å². The van der Waals surface area contributed by atoms with E-state index in [4.69, 9.17) is 23.2 Å². The standard InChI is InChI=1S/C19H18BrCl2N7O2/c1-9(2)26-27-19(31)16-15(10(3)7-14(22)24-16)25-18(30)12-8-13(20)28-29(12)17-11(21)5-4-6-23-17/h4-9,26H,1-3H3,(H,25,30)(H,27,31). The number of nitrogens with zero attached hydrogens (tertiary/aromatic N) is 4. The van der Waals surface area contributed by atoms with Gasteiger partial charge in [-0.1, -0.05) is 23.2 Å². The number of aryl methyl sites for hydroxylation is 1. The number of carbonyl (C=O) groups excluding carboxylic acids is 2. The van der Waals surface area contributed by atoms with Crippen LogP contribution in [0.2, 0.25) is 10.2 Å². The van der Waals surface area contributed by atoms with Crippen molar-refractivity contribution in [2.24, 2.45) is 0 Å². The molecule has 0 fully saturated rings. The van der Waals surface area contributed by atoms with E-state index in [-0.39, 0.29) is 34.1 Å². The molecule has 162 valence electrons. The van der Waals surface area contributed by atoms with Crippen molar-refractivity contribution in [3.8, 4) is 5.82 Å². The van der Waals surface area contributed by atoms with Crippen molar-refractivity contribution in [3.63, 3.8) is 0 Å². The molecule has 0 saturated carbocycles. The van der Waals surface area contributed by atoms with Crippen molar-refractivity contribution in [2.45, 2.75) is 26.8 Å². The highest BCUT2D eigenvalue weighted by atomic mass is 79.9.